The van der Waals surface area contributed by atoms with E-state index in [1.165, 1.54) is 10.8 Å². The lowest BCUT2D eigenvalue weighted by molar-refractivity contribution is 0.486. The number of fused-ring (bicyclic) bond motifs is 13. The summed E-state index contributed by atoms with van der Waals surface area (Å²) in [5, 5.41) is 7.69. The van der Waals surface area contributed by atoms with Crippen molar-refractivity contribution in [1.29, 1.82) is 0 Å². The van der Waals surface area contributed by atoms with Crippen LogP contribution in [0.1, 0.15) is 0 Å². The van der Waals surface area contributed by atoms with Crippen LogP contribution in [0, 0.1) is 0 Å². The third-order valence-electron chi connectivity index (χ3n) is 10.3. The van der Waals surface area contributed by atoms with E-state index in [4.69, 9.17) is 19.1 Å². The molecule has 0 N–H and O–H groups in total. The van der Waals surface area contributed by atoms with E-state index in [2.05, 4.69) is 106 Å². The van der Waals surface area contributed by atoms with Crippen molar-refractivity contribution >= 4 is 76.5 Å². The highest BCUT2D eigenvalue weighted by Crippen LogP contribution is 2.48. The number of hydrogen-bond acceptors (Lipinski definition) is 4. The summed E-state index contributed by atoms with van der Waals surface area (Å²) < 4.78 is 17.4. The third kappa shape index (κ3) is 3.27. The molecule has 0 bridgehead atoms. The van der Waals surface area contributed by atoms with Gasteiger partial charge >= 0.3 is 0 Å². The molecule has 0 unspecified atom stereocenters. The molecule has 50 heavy (non-hydrogen) atoms. The monoisotopic (exact) mass is 640 g/mol. The average Bonchev–Trinajstić information content (AvgIpc) is 3.82. The van der Waals surface area contributed by atoms with Crippen LogP contribution in [0.5, 0.6) is 11.5 Å². The quantitative estimate of drug-likeness (QED) is 0.189. The Hall–Kier alpha value is -6.92. The molecular formula is C44H24N4O2. The molecule has 1 aliphatic heterocycles. The Kier molecular flexibility index (Phi) is 4.89. The van der Waals surface area contributed by atoms with Crippen molar-refractivity contribution in [2.24, 2.45) is 0 Å². The lowest BCUT2D eigenvalue weighted by Gasteiger charge is -2.21. The Labute approximate surface area is 284 Å². The fourth-order valence-electron chi connectivity index (χ4n) is 8.31. The molecule has 7 aromatic carbocycles. The van der Waals surface area contributed by atoms with Crippen LogP contribution in [0.2, 0.25) is 0 Å². The molecule has 0 fully saturated rings. The summed E-state index contributed by atoms with van der Waals surface area (Å²) in [6.45, 7) is 0. The van der Waals surface area contributed by atoms with E-state index in [0.29, 0.717) is 5.95 Å². The van der Waals surface area contributed by atoms with Gasteiger partial charge in [0.1, 0.15) is 22.7 Å². The van der Waals surface area contributed by atoms with Crippen LogP contribution in [0.3, 0.4) is 0 Å². The first-order valence-electron chi connectivity index (χ1n) is 16.8. The van der Waals surface area contributed by atoms with Crippen LogP contribution in [0.25, 0.3) is 99.3 Å². The number of para-hydroxylation sites is 4. The second-order valence-corrected chi connectivity index (χ2v) is 12.9. The van der Waals surface area contributed by atoms with E-state index in [0.717, 1.165) is 94.1 Å². The zero-order valence-corrected chi connectivity index (χ0v) is 26.5. The summed E-state index contributed by atoms with van der Waals surface area (Å²) in [5.41, 5.74) is 9.81. The van der Waals surface area contributed by atoms with E-state index in [1.54, 1.807) is 0 Å². The highest BCUT2D eigenvalue weighted by Gasteiger charge is 2.27. The van der Waals surface area contributed by atoms with E-state index >= 15 is 0 Å². The Balaban J connectivity index is 1.31. The minimum absolute atomic E-state index is 0.602. The molecule has 0 atom stereocenters. The summed E-state index contributed by atoms with van der Waals surface area (Å²) >= 11 is 0. The molecule has 0 spiro atoms. The van der Waals surface area contributed by atoms with Gasteiger partial charge in [0.25, 0.3) is 0 Å². The molecule has 232 valence electrons. The van der Waals surface area contributed by atoms with Crippen molar-refractivity contribution in [3.63, 3.8) is 0 Å². The van der Waals surface area contributed by atoms with Crippen molar-refractivity contribution in [2.45, 2.75) is 0 Å². The number of nitrogens with zero attached hydrogens (tertiary/aromatic N) is 4. The molecule has 0 aliphatic carbocycles. The number of rotatable bonds is 2. The van der Waals surface area contributed by atoms with Gasteiger partial charge in [0.05, 0.1) is 44.0 Å². The zero-order valence-electron chi connectivity index (χ0n) is 26.5. The summed E-state index contributed by atoms with van der Waals surface area (Å²) in [6.07, 6.45) is 0. The Bertz CT molecular complexity index is 3240. The average molecular weight is 641 g/mol. The van der Waals surface area contributed by atoms with Crippen molar-refractivity contribution in [1.82, 2.24) is 19.1 Å². The molecule has 5 heterocycles. The first kappa shape index (κ1) is 26.1. The fourth-order valence-corrected chi connectivity index (χ4v) is 8.31. The topological polar surface area (TPSA) is 58.0 Å². The van der Waals surface area contributed by atoms with Crippen molar-refractivity contribution in [3.05, 3.63) is 146 Å². The minimum Gasteiger partial charge on any atom is -0.456 e. The van der Waals surface area contributed by atoms with Crippen LogP contribution in [0.15, 0.2) is 150 Å². The van der Waals surface area contributed by atoms with E-state index < -0.39 is 0 Å². The summed E-state index contributed by atoms with van der Waals surface area (Å²) in [7, 11) is 0. The van der Waals surface area contributed by atoms with Gasteiger partial charge in [0.15, 0.2) is 0 Å². The molecule has 0 saturated carbocycles. The maximum absolute atomic E-state index is 6.48. The standard InChI is InChI=1S/C44H24N4O2/c1-2-11-25(12-3-1)47-31-17-7-4-13-26(31)38-32(47)22-23-33-39(38)29-21-24-37-40(27-14-5-8-18-34(27)49-37)43(29)48(33)44-45-30-16-10-20-36-41(30)42(46-44)28-15-6-9-19-35(28)50-36/h1-24H. The fraction of sp³-hybridized carbons (Fsp3) is 0. The summed E-state index contributed by atoms with van der Waals surface area (Å²) in [4.78, 5) is 10.7. The Morgan fingerprint density at radius 3 is 2.10 bits per heavy atom. The van der Waals surface area contributed by atoms with E-state index in [9.17, 15) is 0 Å². The number of benzene rings is 7. The predicted octanol–water partition coefficient (Wildman–Crippen LogP) is 11.5. The van der Waals surface area contributed by atoms with Crippen LogP contribution < -0.4 is 4.74 Å². The molecule has 6 heteroatoms. The van der Waals surface area contributed by atoms with Gasteiger partial charge in [0, 0.05) is 38.2 Å². The second-order valence-electron chi connectivity index (χ2n) is 12.9. The minimum atomic E-state index is 0.602. The molecule has 1 aliphatic rings. The number of hydrogen-bond donors (Lipinski definition) is 0. The highest BCUT2D eigenvalue weighted by molar-refractivity contribution is 6.33. The largest absolute Gasteiger partial charge is 0.456 e. The van der Waals surface area contributed by atoms with E-state index in [1.807, 2.05) is 48.5 Å². The predicted molar refractivity (Wildman–Crippen MR) is 201 cm³/mol. The van der Waals surface area contributed by atoms with Crippen LogP contribution in [-0.4, -0.2) is 19.1 Å². The van der Waals surface area contributed by atoms with Crippen molar-refractivity contribution < 1.29 is 9.15 Å². The smallest absolute Gasteiger partial charge is 0.235 e. The first-order chi connectivity index (χ1) is 24.8. The van der Waals surface area contributed by atoms with Crippen LogP contribution in [-0.2, 0) is 0 Å². The highest BCUT2D eigenvalue weighted by atomic mass is 16.5. The van der Waals surface area contributed by atoms with Gasteiger partial charge in [0.2, 0.25) is 5.95 Å². The summed E-state index contributed by atoms with van der Waals surface area (Å²) in [5.74, 6) is 2.16. The first-order valence-corrected chi connectivity index (χ1v) is 16.8. The molecule has 11 aromatic rings. The lowest BCUT2D eigenvalue weighted by Crippen LogP contribution is -2.06. The van der Waals surface area contributed by atoms with Crippen LogP contribution in [0.4, 0.5) is 0 Å². The second kappa shape index (κ2) is 9.36. The lowest BCUT2D eigenvalue weighted by atomic mass is 10.0. The van der Waals surface area contributed by atoms with E-state index in [-0.39, 0.29) is 0 Å². The summed E-state index contributed by atoms with van der Waals surface area (Å²) in [6, 6.07) is 50.5. The Morgan fingerprint density at radius 1 is 0.440 bits per heavy atom. The SMILES string of the molecule is c1ccc(-n2c3ccccc3c3c4c5ccc6oc7ccccc7c6c5n(-c5nc6c7c(cccc7n5)Oc5ccccc5-6)c4ccc32)cc1. The Morgan fingerprint density at radius 2 is 1.18 bits per heavy atom. The zero-order chi connectivity index (χ0) is 32.5. The maximum Gasteiger partial charge on any atom is 0.235 e. The third-order valence-corrected chi connectivity index (χ3v) is 10.3. The molecule has 4 aromatic heterocycles. The molecule has 6 nitrogen and oxygen atoms in total. The van der Waals surface area contributed by atoms with Gasteiger partial charge in [-0.1, -0.05) is 72.8 Å². The normalized spacial score (nSPS) is 12.6. The maximum atomic E-state index is 6.48. The number of furan rings is 1. The van der Waals surface area contributed by atoms with Crippen LogP contribution >= 0.6 is 0 Å². The van der Waals surface area contributed by atoms with Gasteiger partial charge in [-0.2, -0.15) is 0 Å². The molecule has 0 amide bonds. The number of aromatic nitrogens is 4. The number of ether oxygens (including phenoxy) is 1. The van der Waals surface area contributed by atoms with Gasteiger partial charge in [-0.3, -0.25) is 4.57 Å². The molecule has 0 saturated heterocycles. The van der Waals surface area contributed by atoms with Crippen molar-refractivity contribution in [2.75, 3.05) is 0 Å². The van der Waals surface area contributed by atoms with Gasteiger partial charge in [-0.25, -0.2) is 9.97 Å². The van der Waals surface area contributed by atoms with Gasteiger partial charge in [-0.05, 0) is 72.8 Å². The molecule has 12 rings (SSSR count). The molecular weight excluding hydrogens is 617 g/mol. The van der Waals surface area contributed by atoms with Gasteiger partial charge in [-0.15, -0.1) is 0 Å². The van der Waals surface area contributed by atoms with Gasteiger partial charge < -0.3 is 13.7 Å². The molecule has 0 radical (unpaired) electrons. The van der Waals surface area contributed by atoms with Crippen molar-refractivity contribution in [3.8, 4) is 34.4 Å².